The first-order valence-electron chi connectivity index (χ1n) is 11.8. The maximum Gasteiger partial charge on any atom is 0.282 e. The first-order valence-corrected chi connectivity index (χ1v) is 12.7. The topological polar surface area (TPSA) is 36.4 Å². The van der Waals surface area contributed by atoms with Gasteiger partial charge in [-0.25, -0.2) is 4.98 Å². The van der Waals surface area contributed by atoms with Crippen LogP contribution >= 0.6 is 11.3 Å². The number of piperidine rings is 1. The summed E-state index contributed by atoms with van der Waals surface area (Å²) in [5.41, 5.74) is 4.86. The van der Waals surface area contributed by atoms with Crippen LogP contribution in [-0.4, -0.2) is 54.4 Å². The van der Waals surface area contributed by atoms with E-state index in [1.165, 1.54) is 16.0 Å². The number of carbonyl (C=O) groups is 1. The SMILES string of the molecule is CC.CN(C)C(=O)c1nc(-c2ccccc2)c(CCN2CCC(=Cc3ccccc3)CC2)s1. The molecule has 33 heavy (non-hydrogen) atoms. The van der Waals surface area contributed by atoms with E-state index in [-0.39, 0.29) is 5.91 Å². The molecule has 174 valence electrons. The molecular formula is C28H35N3OS. The molecule has 4 nitrogen and oxygen atoms in total. The molecule has 3 aromatic rings. The maximum absolute atomic E-state index is 12.5. The molecular weight excluding hydrogens is 426 g/mol. The Morgan fingerprint density at radius 2 is 1.61 bits per heavy atom. The van der Waals surface area contributed by atoms with Crippen molar-refractivity contribution in [2.75, 3.05) is 33.7 Å². The van der Waals surface area contributed by atoms with Gasteiger partial charge in [0.2, 0.25) is 0 Å². The molecule has 0 unspecified atom stereocenters. The fraction of sp³-hybridized carbons (Fsp3) is 0.357. The minimum Gasteiger partial charge on any atom is -0.343 e. The van der Waals surface area contributed by atoms with E-state index >= 15 is 0 Å². The second kappa shape index (κ2) is 12.5. The monoisotopic (exact) mass is 461 g/mol. The molecule has 1 amide bonds. The lowest BCUT2D eigenvalue weighted by Crippen LogP contribution is -2.32. The van der Waals surface area contributed by atoms with Crippen LogP contribution < -0.4 is 0 Å². The normalized spacial score (nSPS) is 13.8. The molecule has 1 aliphatic heterocycles. The fourth-order valence-electron chi connectivity index (χ4n) is 3.88. The van der Waals surface area contributed by atoms with Gasteiger partial charge in [0.15, 0.2) is 5.01 Å². The lowest BCUT2D eigenvalue weighted by Gasteiger charge is -2.28. The van der Waals surface area contributed by atoms with E-state index in [1.807, 2.05) is 32.0 Å². The molecule has 2 aromatic carbocycles. The van der Waals surface area contributed by atoms with Crippen LogP contribution in [0.3, 0.4) is 0 Å². The molecule has 4 rings (SSSR count). The summed E-state index contributed by atoms with van der Waals surface area (Å²) in [6.07, 6.45) is 5.49. The van der Waals surface area contributed by atoms with Crippen LogP contribution in [0.5, 0.6) is 0 Å². The van der Waals surface area contributed by atoms with Crippen LogP contribution in [0.1, 0.15) is 46.9 Å². The molecule has 1 aromatic heterocycles. The summed E-state index contributed by atoms with van der Waals surface area (Å²) >= 11 is 1.54. The van der Waals surface area contributed by atoms with E-state index in [0.717, 1.165) is 50.2 Å². The van der Waals surface area contributed by atoms with Crippen molar-refractivity contribution in [3.63, 3.8) is 0 Å². The highest BCUT2D eigenvalue weighted by Crippen LogP contribution is 2.30. The van der Waals surface area contributed by atoms with Crippen molar-refractivity contribution in [2.24, 2.45) is 0 Å². The van der Waals surface area contributed by atoms with Gasteiger partial charge in [-0.3, -0.25) is 4.79 Å². The summed E-state index contributed by atoms with van der Waals surface area (Å²) in [4.78, 5) is 22.5. The number of nitrogens with zero attached hydrogens (tertiary/aromatic N) is 3. The minimum atomic E-state index is -0.0258. The minimum absolute atomic E-state index is 0.0258. The highest BCUT2D eigenvalue weighted by molar-refractivity contribution is 7.14. The number of rotatable bonds is 6. The summed E-state index contributed by atoms with van der Waals surface area (Å²) in [6, 6.07) is 20.8. The number of carbonyl (C=O) groups excluding carboxylic acids is 1. The van der Waals surface area contributed by atoms with E-state index < -0.39 is 0 Å². The number of amides is 1. The fourth-order valence-corrected chi connectivity index (χ4v) is 4.97. The van der Waals surface area contributed by atoms with Crippen molar-refractivity contribution in [1.82, 2.24) is 14.8 Å². The lowest BCUT2D eigenvalue weighted by atomic mass is 10.0. The van der Waals surface area contributed by atoms with Gasteiger partial charge in [0, 0.05) is 44.2 Å². The predicted octanol–water partition coefficient (Wildman–Crippen LogP) is 6.26. The van der Waals surface area contributed by atoms with E-state index in [9.17, 15) is 4.79 Å². The number of benzene rings is 2. The molecule has 0 aliphatic carbocycles. The molecule has 0 bridgehead atoms. The van der Waals surface area contributed by atoms with Gasteiger partial charge in [-0.1, -0.05) is 86.2 Å². The maximum atomic E-state index is 12.5. The third-order valence-corrected chi connectivity index (χ3v) is 6.76. The largest absolute Gasteiger partial charge is 0.343 e. The Balaban J connectivity index is 0.00000149. The molecule has 0 radical (unpaired) electrons. The quantitative estimate of drug-likeness (QED) is 0.435. The predicted molar refractivity (Wildman–Crippen MR) is 141 cm³/mol. The lowest BCUT2D eigenvalue weighted by molar-refractivity contribution is 0.0827. The third-order valence-electron chi connectivity index (χ3n) is 5.66. The van der Waals surface area contributed by atoms with Gasteiger partial charge in [-0.05, 0) is 24.8 Å². The number of hydrogen-bond donors (Lipinski definition) is 0. The van der Waals surface area contributed by atoms with Gasteiger partial charge in [0.1, 0.15) is 0 Å². The van der Waals surface area contributed by atoms with Gasteiger partial charge in [0.05, 0.1) is 5.69 Å². The Kier molecular flexibility index (Phi) is 9.40. The number of aromatic nitrogens is 1. The van der Waals surface area contributed by atoms with Crippen LogP contribution in [-0.2, 0) is 6.42 Å². The van der Waals surface area contributed by atoms with Crippen LogP contribution in [0.2, 0.25) is 0 Å². The van der Waals surface area contributed by atoms with Gasteiger partial charge < -0.3 is 9.80 Å². The van der Waals surface area contributed by atoms with Crippen molar-refractivity contribution in [1.29, 1.82) is 0 Å². The first kappa shape index (κ1) is 24.9. The Bertz CT molecular complexity index is 1030. The molecule has 0 saturated carbocycles. The van der Waals surface area contributed by atoms with Crippen molar-refractivity contribution in [3.8, 4) is 11.3 Å². The summed E-state index contributed by atoms with van der Waals surface area (Å²) in [5.74, 6) is -0.0258. The van der Waals surface area contributed by atoms with Crippen LogP contribution in [0.25, 0.3) is 17.3 Å². The van der Waals surface area contributed by atoms with Crippen molar-refractivity contribution in [3.05, 3.63) is 81.7 Å². The molecule has 1 saturated heterocycles. The average molecular weight is 462 g/mol. The molecule has 1 fully saturated rings. The highest BCUT2D eigenvalue weighted by Gasteiger charge is 2.20. The summed E-state index contributed by atoms with van der Waals surface area (Å²) in [7, 11) is 3.56. The van der Waals surface area contributed by atoms with Gasteiger partial charge >= 0.3 is 0 Å². The second-order valence-electron chi connectivity index (χ2n) is 8.16. The molecule has 0 spiro atoms. The van der Waals surface area contributed by atoms with E-state index in [1.54, 1.807) is 30.3 Å². The van der Waals surface area contributed by atoms with Crippen molar-refractivity contribution in [2.45, 2.75) is 33.1 Å². The standard InChI is InChI=1S/C26H29N3OS.C2H6/c1-28(2)26(30)25-27-24(22-11-7-4-8-12-22)23(31-25)15-18-29-16-13-21(14-17-29)19-20-9-5-3-6-10-20;1-2/h3-12,19H,13-18H2,1-2H3;1-2H3. The Morgan fingerprint density at radius 1 is 1.00 bits per heavy atom. The number of hydrogen-bond acceptors (Lipinski definition) is 4. The summed E-state index contributed by atoms with van der Waals surface area (Å²) < 4.78 is 0. The molecule has 0 atom stereocenters. The third kappa shape index (κ3) is 6.86. The number of thiazole rings is 1. The zero-order valence-corrected chi connectivity index (χ0v) is 21.1. The number of likely N-dealkylation sites (tertiary alicyclic amines) is 1. The summed E-state index contributed by atoms with van der Waals surface area (Å²) in [5, 5.41) is 0.575. The Labute approximate surface area is 202 Å². The van der Waals surface area contributed by atoms with E-state index in [2.05, 4.69) is 53.4 Å². The van der Waals surface area contributed by atoms with Crippen LogP contribution in [0.15, 0.2) is 66.2 Å². The smallest absolute Gasteiger partial charge is 0.282 e. The zero-order chi connectivity index (χ0) is 23.6. The first-order chi connectivity index (χ1) is 16.1. The van der Waals surface area contributed by atoms with E-state index in [4.69, 9.17) is 4.98 Å². The zero-order valence-electron chi connectivity index (χ0n) is 20.3. The van der Waals surface area contributed by atoms with Crippen LogP contribution in [0, 0.1) is 0 Å². The summed E-state index contributed by atoms with van der Waals surface area (Å²) in [6.45, 7) is 7.17. The van der Waals surface area contributed by atoms with E-state index in [0.29, 0.717) is 5.01 Å². The molecule has 5 heteroatoms. The second-order valence-corrected chi connectivity index (χ2v) is 9.24. The molecule has 1 aliphatic rings. The molecule has 0 N–H and O–H groups in total. The van der Waals surface area contributed by atoms with Gasteiger partial charge in [0.25, 0.3) is 5.91 Å². The highest BCUT2D eigenvalue weighted by atomic mass is 32.1. The Hall–Kier alpha value is -2.76. The Morgan fingerprint density at radius 3 is 2.21 bits per heavy atom. The van der Waals surface area contributed by atoms with Crippen molar-refractivity contribution >= 4 is 23.3 Å². The van der Waals surface area contributed by atoms with Crippen molar-refractivity contribution < 1.29 is 4.79 Å². The van der Waals surface area contributed by atoms with Gasteiger partial charge in [-0.15, -0.1) is 11.3 Å². The van der Waals surface area contributed by atoms with Gasteiger partial charge in [-0.2, -0.15) is 0 Å². The van der Waals surface area contributed by atoms with Crippen LogP contribution in [0.4, 0.5) is 0 Å². The molecule has 2 heterocycles. The average Bonchev–Trinajstić information content (AvgIpc) is 3.30.